The lowest BCUT2D eigenvalue weighted by atomic mass is 9.88. The third-order valence-corrected chi connectivity index (χ3v) is 10.6. The summed E-state index contributed by atoms with van der Waals surface area (Å²) in [6, 6.07) is 50.1. The molecule has 6 aromatic carbocycles. The first-order valence-electron chi connectivity index (χ1n) is 18.8. The second kappa shape index (κ2) is 13.6. The van der Waals surface area contributed by atoms with Crippen LogP contribution in [0.4, 0.5) is 4.39 Å². The summed E-state index contributed by atoms with van der Waals surface area (Å²) in [5.74, 6) is 2.06. The summed E-state index contributed by atoms with van der Waals surface area (Å²) < 4.78 is 18.6. The van der Waals surface area contributed by atoms with Gasteiger partial charge in [0.2, 0.25) is 0 Å². The maximum absolute atomic E-state index is 13.9. The molecule has 0 aliphatic carbocycles. The zero-order valence-corrected chi connectivity index (χ0v) is 31.0. The second-order valence-electron chi connectivity index (χ2n) is 14.8. The molecule has 9 rings (SSSR count). The number of imidazole rings is 1. The largest absolute Gasteiger partial charge is 0.294 e. The molecule has 0 unspecified atom stereocenters. The molecule has 0 fully saturated rings. The quantitative estimate of drug-likeness (QED) is 0.158. The Morgan fingerprint density at radius 3 is 1.96 bits per heavy atom. The van der Waals surface area contributed by atoms with Crippen LogP contribution >= 0.6 is 0 Å². The van der Waals surface area contributed by atoms with Gasteiger partial charge in [0.25, 0.3) is 0 Å². The highest BCUT2D eigenvalue weighted by Crippen LogP contribution is 2.40. The summed E-state index contributed by atoms with van der Waals surface area (Å²) in [5, 5.41) is 2.44. The Morgan fingerprint density at radius 2 is 1.22 bits per heavy atom. The van der Waals surface area contributed by atoms with Gasteiger partial charge in [0.1, 0.15) is 17.5 Å². The van der Waals surface area contributed by atoms with Crippen LogP contribution in [0.2, 0.25) is 0 Å². The summed E-state index contributed by atoms with van der Waals surface area (Å²) in [6.45, 7) is 9.00. The molecule has 0 saturated heterocycles. The van der Waals surface area contributed by atoms with Crippen molar-refractivity contribution in [2.45, 2.75) is 46.0 Å². The van der Waals surface area contributed by atoms with E-state index < -0.39 is 0 Å². The Balaban J connectivity index is 1.18. The molecule has 0 saturated carbocycles. The minimum Gasteiger partial charge on any atom is -0.294 e. The van der Waals surface area contributed by atoms with Gasteiger partial charge in [-0.05, 0) is 118 Å². The normalized spacial score (nSPS) is 11.8. The van der Waals surface area contributed by atoms with E-state index in [4.69, 9.17) is 9.97 Å². The summed E-state index contributed by atoms with van der Waals surface area (Å²) in [6.07, 6.45) is 2.63. The van der Waals surface area contributed by atoms with Gasteiger partial charge in [0.05, 0.1) is 27.8 Å². The van der Waals surface area contributed by atoms with Crippen molar-refractivity contribution < 1.29 is 4.39 Å². The minimum atomic E-state index is -0.228. The van der Waals surface area contributed by atoms with Crippen molar-refractivity contribution in [1.29, 1.82) is 0 Å². The number of aromatic nitrogens is 4. The molecule has 9 aromatic rings. The maximum atomic E-state index is 13.9. The Labute approximate surface area is 315 Å². The van der Waals surface area contributed by atoms with Crippen LogP contribution in [0.3, 0.4) is 0 Å². The number of halogens is 1. The summed E-state index contributed by atoms with van der Waals surface area (Å²) in [5.41, 5.74) is 13.6. The van der Waals surface area contributed by atoms with Crippen molar-refractivity contribution in [3.05, 3.63) is 180 Å². The van der Waals surface area contributed by atoms with Crippen LogP contribution in [-0.2, 0) is 6.42 Å². The number of pyridine rings is 1. The Bertz CT molecular complexity index is 2780. The zero-order valence-electron chi connectivity index (χ0n) is 31.0. The van der Waals surface area contributed by atoms with Gasteiger partial charge in [-0.15, -0.1) is 0 Å². The Hall–Kier alpha value is -6.33. The van der Waals surface area contributed by atoms with Crippen LogP contribution in [-0.4, -0.2) is 19.1 Å². The fourth-order valence-electron chi connectivity index (χ4n) is 7.99. The number of benzene rings is 6. The summed E-state index contributed by atoms with van der Waals surface area (Å²) in [7, 11) is 0. The van der Waals surface area contributed by atoms with E-state index >= 15 is 0 Å². The number of para-hydroxylation sites is 3. The second-order valence-corrected chi connectivity index (χ2v) is 14.8. The van der Waals surface area contributed by atoms with E-state index in [2.05, 4.69) is 146 Å². The lowest BCUT2D eigenvalue weighted by Crippen LogP contribution is -2.09. The van der Waals surface area contributed by atoms with Crippen molar-refractivity contribution in [3.8, 4) is 34.0 Å². The number of hydrogen-bond donors (Lipinski definition) is 0. The molecule has 264 valence electrons. The van der Waals surface area contributed by atoms with Crippen LogP contribution in [0, 0.1) is 5.82 Å². The SMILES string of the molecule is CC(C)c1cc(-c2ccc(F)cc2)cc(C(C)C)c1-n1c(-c2cccc(Cc3ccc4c5ccccc5n(-c5ccccn5)c4c3)c2)nc2ccccc21. The predicted molar refractivity (Wildman–Crippen MR) is 221 cm³/mol. The first-order valence-corrected chi connectivity index (χ1v) is 18.8. The van der Waals surface area contributed by atoms with Gasteiger partial charge in [-0.2, -0.15) is 0 Å². The molecule has 3 aromatic heterocycles. The van der Waals surface area contributed by atoms with E-state index in [0.717, 1.165) is 56.8 Å². The van der Waals surface area contributed by atoms with Crippen molar-refractivity contribution in [2.24, 2.45) is 0 Å². The number of hydrogen-bond acceptors (Lipinski definition) is 2. The van der Waals surface area contributed by atoms with E-state index in [-0.39, 0.29) is 17.7 Å². The van der Waals surface area contributed by atoms with Crippen LogP contribution in [0.5, 0.6) is 0 Å². The highest BCUT2D eigenvalue weighted by Gasteiger charge is 2.24. The Morgan fingerprint density at radius 1 is 0.537 bits per heavy atom. The van der Waals surface area contributed by atoms with Gasteiger partial charge >= 0.3 is 0 Å². The monoisotopic (exact) mass is 704 g/mol. The van der Waals surface area contributed by atoms with Gasteiger partial charge in [0, 0.05) is 22.5 Å². The van der Waals surface area contributed by atoms with Crippen LogP contribution in [0.15, 0.2) is 152 Å². The summed E-state index contributed by atoms with van der Waals surface area (Å²) >= 11 is 0. The highest BCUT2D eigenvalue weighted by atomic mass is 19.1. The number of rotatable bonds is 8. The first kappa shape index (κ1) is 33.5. The van der Waals surface area contributed by atoms with E-state index in [9.17, 15) is 4.39 Å². The fraction of sp³-hybridized carbons (Fsp3) is 0.143. The topological polar surface area (TPSA) is 35.6 Å². The van der Waals surface area contributed by atoms with E-state index in [1.165, 1.54) is 38.7 Å². The van der Waals surface area contributed by atoms with Crippen LogP contribution in [0.25, 0.3) is 66.9 Å². The van der Waals surface area contributed by atoms with Gasteiger partial charge < -0.3 is 0 Å². The Kier molecular flexibility index (Phi) is 8.42. The van der Waals surface area contributed by atoms with E-state index in [1.807, 2.05) is 30.5 Å². The van der Waals surface area contributed by atoms with Crippen molar-refractivity contribution in [1.82, 2.24) is 19.1 Å². The molecule has 0 aliphatic heterocycles. The lowest BCUT2D eigenvalue weighted by molar-refractivity contribution is 0.628. The van der Waals surface area contributed by atoms with Gasteiger partial charge in [-0.1, -0.05) is 107 Å². The predicted octanol–water partition coefficient (Wildman–Crippen LogP) is 12.8. The van der Waals surface area contributed by atoms with Crippen molar-refractivity contribution in [2.75, 3.05) is 0 Å². The molecule has 0 bridgehead atoms. The molecule has 54 heavy (non-hydrogen) atoms. The van der Waals surface area contributed by atoms with Crippen LogP contribution < -0.4 is 0 Å². The molecule has 5 heteroatoms. The van der Waals surface area contributed by atoms with E-state index in [0.29, 0.717) is 0 Å². The smallest absolute Gasteiger partial charge is 0.145 e. The first-order chi connectivity index (χ1) is 26.3. The van der Waals surface area contributed by atoms with Gasteiger partial charge in [0.15, 0.2) is 0 Å². The average Bonchev–Trinajstić information content (AvgIpc) is 3.74. The molecule has 4 nitrogen and oxygen atoms in total. The van der Waals surface area contributed by atoms with Gasteiger partial charge in [-0.3, -0.25) is 9.13 Å². The molecule has 3 heterocycles. The van der Waals surface area contributed by atoms with Crippen LogP contribution in [0.1, 0.15) is 61.8 Å². The fourth-order valence-corrected chi connectivity index (χ4v) is 7.99. The third kappa shape index (κ3) is 5.86. The van der Waals surface area contributed by atoms with E-state index in [1.54, 1.807) is 12.1 Å². The minimum absolute atomic E-state index is 0.228. The zero-order chi connectivity index (χ0) is 36.9. The van der Waals surface area contributed by atoms with Crippen molar-refractivity contribution >= 4 is 32.8 Å². The molecule has 0 amide bonds. The molecule has 0 radical (unpaired) electrons. The molecular weight excluding hydrogens is 664 g/mol. The molecule has 0 spiro atoms. The highest BCUT2D eigenvalue weighted by molar-refractivity contribution is 6.09. The molecule has 0 N–H and O–H groups in total. The molecular formula is C49H41FN4. The summed E-state index contributed by atoms with van der Waals surface area (Å²) in [4.78, 5) is 10.0. The lowest BCUT2D eigenvalue weighted by Gasteiger charge is -2.24. The number of fused-ring (bicyclic) bond motifs is 4. The third-order valence-electron chi connectivity index (χ3n) is 10.6. The molecule has 0 atom stereocenters. The standard InChI is InChI=1S/C49H41FN4/c1-31(2)41-29-37(35-20-22-38(50)23-21-35)30-42(32(3)4)48(41)54-45-17-8-6-15-43(45)52-49(54)36-13-11-12-33(27-36)26-34-19-24-40-39-14-5-7-16-44(39)53(46(40)28-34)47-18-9-10-25-51-47/h5-25,27-32H,26H2,1-4H3. The number of nitrogens with zero attached hydrogens (tertiary/aromatic N) is 4. The average molecular weight is 705 g/mol. The molecule has 0 aliphatic rings. The maximum Gasteiger partial charge on any atom is 0.145 e. The van der Waals surface area contributed by atoms with Gasteiger partial charge in [-0.25, -0.2) is 14.4 Å². The van der Waals surface area contributed by atoms with Crippen molar-refractivity contribution in [3.63, 3.8) is 0 Å².